The van der Waals surface area contributed by atoms with Gasteiger partial charge in [0, 0.05) is 17.4 Å². The van der Waals surface area contributed by atoms with Gasteiger partial charge in [0.2, 0.25) is 0 Å². The van der Waals surface area contributed by atoms with Crippen molar-refractivity contribution >= 4 is 17.5 Å². The third kappa shape index (κ3) is 3.87. The molecule has 0 radical (unpaired) electrons. The lowest BCUT2D eigenvalue weighted by Crippen LogP contribution is -2.36. The maximum atomic E-state index is 11.2. The second kappa shape index (κ2) is 7.14. The van der Waals surface area contributed by atoms with Crippen molar-refractivity contribution in [1.82, 2.24) is 0 Å². The summed E-state index contributed by atoms with van der Waals surface area (Å²) >= 11 is 0. The SMILES string of the molecule is COC(=O)Nc1cccc(NC2CCCCC2CN)c1. The lowest BCUT2D eigenvalue weighted by atomic mass is 9.84. The Morgan fingerprint density at radius 1 is 1.35 bits per heavy atom. The van der Waals surface area contributed by atoms with Crippen LogP contribution in [0.1, 0.15) is 25.7 Å². The van der Waals surface area contributed by atoms with Crippen LogP contribution in [-0.2, 0) is 4.74 Å². The zero-order valence-corrected chi connectivity index (χ0v) is 11.9. The smallest absolute Gasteiger partial charge is 0.411 e. The van der Waals surface area contributed by atoms with Crippen molar-refractivity contribution in [3.8, 4) is 0 Å². The number of methoxy groups -OCH3 is 1. The second-order valence-corrected chi connectivity index (χ2v) is 5.23. The number of rotatable bonds is 4. The van der Waals surface area contributed by atoms with Gasteiger partial charge >= 0.3 is 6.09 Å². The highest BCUT2D eigenvalue weighted by molar-refractivity contribution is 5.85. The Morgan fingerprint density at radius 3 is 2.85 bits per heavy atom. The van der Waals surface area contributed by atoms with E-state index >= 15 is 0 Å². The largest absolute Gasteiger partial charge is 0.453 e. The molecule has 0 heterocycles. The molecule has 2 rings (SSSR count). The van der Waals surface area contributed by atoms with Crippen molar-refractivity contribution in [2.45, 2.75) is 31.7 Å². The van der Waals surface area contributed by atoms with E-state index in [0.717, 1.165) is 24.3 Å². The number of benzene rings is 1. The topological polar surface area (TPSA) is 76.4 Å². The van der Waals surface area contributed by atoms with Crippen LogP contribution in [0.25, 0.3) is 0 Å². The molecule has 1 amide bonds. The molecule has 0 aliphatic heterocycles. The molecule has 0 saturated heterocycles. The van der Waals surface area contributed by atoms with Crippen LogP contribution in [0.2, 0.25) is 0 Å². The first kappa shape index (κ1) is 14.7. The van der Waals surface area contributed by atoms with E-state index in [0.29, 0.717) is 12.0 Å². The molecule has 0 spiro atoms. The highest BCUT2D eigenvalue weighted by atomic mass is 16.5. The molecule has 1 aromatic carbocycles. The Labute approximate surface area is 119 Å². The summed E-state index contributed by atoms with van der Waals surface area (Å²) in [5.41, 5.74) is 7.58. The molecule has 1 saturated carbocycles. The Balaban J connectivity index is 2.01. The van der Waals surface area contributed by atoms with Gasteiger partial charge in [0.25, 0.3) is 0 Å². The van der Waals surface area contributed by atoms with Crippen LogP contribution in [0, 0.1) is 5.92 Å². The first-order chi connectivity index (χ1) is 9.72. The predicted octanol–water partition coefficient (Wildman–Crippen LogP) is 2.79. The van der Waals surface area contributed by atoms with E-state index in [1.54, 1.807) is 0 Å². The number of ether oxygens (including phenoxy) is 1. The summed E-state index contributed by atoms with van der Waals surface area (Å²) in [5.74, 6) is 0.529. The lowest BCUT2D eigenvalue weighted by Gasteiger charge is -2.32. The first-order valence-corrected chi connectivity index (χ1v) is 7.14. The maximum absolute atomic E-state index is 11.2. The Kier molecular flexibility index (Phi) is 5.24. The van der Waals surface area contributed by atoms with Gasteiger partial charge in [0.15, 0.2) is 0 Å². The van der Waals surface area contributed by atoms with Crippen molar-refractivity contribution in [3.63, 3.8) is 0 Å². The zero-order chi connectivity index (χ0) is 14.4. The van der Waals surface area contributed by atoms with Crippen LogP contribution < -0.4 is 16.4 Å². The fourth-order valence-electron chi connectivity index (χ4n) is 2.75. The molecule has 5 heteroatoms. The van der Waals surface area contributed by atoms with Gasteiger partial charge < -0.3 is 15.8 Å². The van der Waals surface area contributed by atoms with Crippen LogP contribution in [-0.4, -0.2) is 25.8 Å². The normalized spacial score (nSPS) is 22.1. The van der Waals surface area contributed by atoms with Crippen molar-refractivity contribution in [2.75, 3.05) is 24.3 Å². The third-order valence-corrected chi connectivity index (χ3v) is 3.86. The van der Waals surface area contributed by atoms with Gasteiger partial charge in [-0.15, -0.1) is 0 Å². The van der Waals surface area contributed by atoms with Gasteiger partial charge in [-0.05, 0) is 43.5 Å². The van der Waals surface area contributed by atoms with Crippen molar-refractivity contribution in [1.29, 1.82) is 0 Å². The highest BCUT2D eigenvalue weighted by Gasteiger charge is 2.23. The summed E-state index contributed by atoms with van der Waals surface area (Å²) in [6.07, 6.45) is 4.39. The minimum Gasteiger partial charge on any atom is -0.453 e. The fourth-order valence-corrected chi connectivity index (χ4v) is 2.75. The van der Waals surface area contributed by atoms with Crippen molar-refractivity contribution in [2.24, 2.45) is 11.7 Å². The van der Waals surface area contributed by atoms with Gasteiger partial charge in [-0.2, -0.15) is 0 Å². The molecule has 20 heavy (non-hydrogen) atoms. The molecule has 0 aromatic heterocycles. The standard InChI is InChI=1S/C15H23N3O2/c1-20-15(19)18-13-7-4-6-12(9-13)17-14-8-3-2-5-11(14)10-16/h4,6-7,9,11,14,17H,2-3,5,8,10,16H2,1H3,(H,18,19). The van der Waals surface area contributed by atoms with Crippen LogP contribution >= 0.6 is 0 Å². The van der Waals surface area contributed by atoms with Crippen LogP contribution in [0.5, 0.6) is 0 Å². The molecule has 4 N–H and O–H groups in total. The summed E-state index contributed by atoms with van der Waals surface area (Å²) in [5, 5.41) is 6.21. The van der Waals surface area contributed by atoms with Gasteiger partial charge in [0.05, 0.1) is 7.11 Å². The van der Waals surface area contributed by atoms with E-state index in [1.807, 2.05) is 24.3 Å². The minimum absolute atomic E-state index is 0.419. The number of nitrogens with one attached hydrogen (secondary N) is 2. The molecule has 1 aliphatic carbocycles. The minimum atomic E-state index is -0.459. The number of carbonyl (C=O) groups excluding carboxylic acids is 1. The van der Waals surface area contributed by atoms with Crippen LogP contribution in [0.15, 0.2) is 24.3 Å². The van der Waals surface area contributed by atoms with E-state index in [9.17, 15) is 4.79 Å². The summed E-state index contributed by atoms with van der Waals surface area (Å²) in [7, 11) is 1.35. The average molecular weight is 277 g/mol. The average Bonchev–Trinajstić information content (AvgIpc) is 2.48. The van der Waals surface area contributed by atoms with Gasteiger partial charge in [0.1, 0.15) is 0 Å². The first-order valence-electron chi connectivity index (χ1n) is 7.14. The highest BCUT2D eigenvalue weighted by Crippen LogP contribution is 2.27. The van der Waals surface area contributed by atoms with E-state index in [4.69, 9.17) is 5.73 Å². The molecule has 110 valence electrons. The quantitative estimate of drug-likeness (QED) is 0.791. The van der Waals surface area contributed by atoms with E-state index in [-0.39, 0.29) is 0 Å². The lowest BCUT2D eigenvalue weighted by molar-refractivity contribution is 0.187. The number of hydrogen-bond acceptors (Lipinski definition) is 4. The summed E-state index contributed by atoms with van der Waals surface area (Å²) < 4.78 is 4.59. The molecule has 2 unspecified atom stereocenters. The Bertz CT molecular complexity index is 450. The van der Waals surface area contributed by atoms with Gasteiger partial charge in [-0.25, -0.2) is 4.79 Å². The second-order valence-electron chi connectivity index (χ2n) is 5.23. The fraction of sp³-hybridized carbons (Fsp3) is 0.533. The Hall–Kier alpha value is -1.75. The number of hydrogen-bond donors (Lipinski definition) is 3. The molecular weight excluding hydrogens is 254 g/mol. The van der Waals surface area contributed by atoms with Crippen LogP contribution in [0.3, 0.4) is 0 Å². The van der Waals surface area contributed by atoms with Crippen LogP contribution in [0.4, 0.5) is 16.2 Å². The van der Waals surface area contributed by atoms with Gasteiger partial charge in [-0.3, -0.25) is 5.32 Å². The van der Waals surface area contributed by atoms with E-state index < -0.39 is 6.09 Å². The predicted molar refractivity (Wildman–Crippen MR) is 80.9 cm³/mol. The Morgan fingerprint density at radius 2 is 2.10 bits per heavy atom. The molecule has 0 bridgehead atoms. The zero-order valence-electron chi connectivity index (χ0n) is 11.9. The number of amides is 1. The molecule has 1 fully saturated rings. The summed E-state index contributed by atoms with van der Waals surface area (Å²) in [4.78, 5) is 11.2. The molecular formula is C15H23N3O2. The van der Waals surface area contributed by atoms with E-state index in [2.05, 4.69) is 15.4 Å². The number of carbonyl (C=O) groups is 1. The summed E-state index contributed by atoms with van der Waals surface area (Å²) in [6.45, 7) is 0.720. The molecule has 5 nitrogen and oxygen atoms in total. The summed E-state index contributed by atoms with van der Waals surface area (Å²) in [6, 6.07) is 8.09. The van der Waals surface area contributed by atoms with Gasteiger partial charge in [-0.1, -0.05) is 18.9 Å². The molecule has 1 aliphatic rings. The molecule has 1 aromatic rings. The van der Waals surface area contributed by atoms with Crippen molar-refractivity contribution in [3.05, 3.63) is 24.3 Å². The van der Waals surface area contributed by atoms with E-state index in [1.165, 1.54) is 26.4 Å². The maximum Gasteiger partial charge on any atom is 0.411 e. The number of nitrogens with two attached hydrogens (primary N) is 1. The third-order valence-electron chi connectivity index (χ3n) is 3.86. The molecule has 2 atom stereocenters. The monoisotopic (exact) mass is 277 g/mol. The number of anilines is 2. The van der Waals surface area contributed by atoms with Crippen molar-refractivity contribution < 1.29 is 9.53 Å².